The number of hydrogen-bond acceptors (Lipinski definition) is 6. The van der Waals surface area contributed by atoms with E-state index >= 15 is 0 Å². The number of hydrogen-bond donors (Lipinski definition) is 1. The molecule has 1 amide bonds. The van der Waals surface area contributed by atoms with Gasteiger partial charge in [-0.2, -0.15) is 4.98 Å². The molecule has 0 fully saturated rings. The molecule has 1 aromatic carbocycles. The van der Waals surface area contributed by atoms with Gasteiger partial charge in [0.1, 0.15) is 0 Å². The molecule has 0 unspecified atom stereocenters. The average Bonchev–Trinajstić information content (AvgIpc) is 3.39. The van der Waals surface area contributed by atoms with Crippen molar-refractivity contribution in [2.75, 3.05) is 5.32 Å². The van der Waals surface area contributed by atoms with Gasteiger partial charge >= 0.3 is 0 Å². The number of aromatic nitrogens is 2. The van der Waals surface area contributed by atoms with Crippen molar-refractivity contribution < 1.29 is 9.32 Å². The number of anilines is 1. The number of aryl methyl sites for hydroxylation is 2. The third kappa shape index (κ3) is 3.83. The van der Waals surface area contributed by atoms with Crippen LogP contribution in [0.3, 0.4) is 0 Å². The summed E-state index contributed by atoms with van der Waals surface area (Å²) in [5, 5.41) is 8.77. The van der Waals surface area contributed by atoms with Crippen molar-refractivity contribution in [3.8, 4) is 10.7 Å². The Labute approximate surface area is 160 Å². The molecule has 0 spiro atoms. The molecule has 3 aromatic rings. The summed E-state index contributed by atoms with van der Waals surface area (Å²) in [6.07, 6.45) is 3.46. The third-order valence-corrected chi connectivity index (χ3v) is 6.40. The number of fused-ring (bicyclic) bond motifs is 1. The second kappa shape index (κ2) is 7.63. The van der Waals surface area contributed by atoms with Gasteiger partial charge in [0.2, 0.25) is 17.6 Å². The summed E-state index contributed by atoms with van der Waals surface area (Å²) in [4.78, 5) is 17.8. The van der Waals surface area contributed by atoms with Gasteiger partial charge in [-0.3, -0.25) is 4.79 Å². The van der Waals surface area contributed by atoms with Gasteiger partial charge in [0.05, 0.1) is 15.9 Å². The molecule has 0 aliphatic heterocycles. The van der Waals surface area contributed by atoms with Crippen LogP contribution in [-0.4, -0.2) is 21.3 Å². The number of nitrogens with zero attached hydrogens (tertiary/aromatic N) is 2. The van der Waals surface area contributed by atoms with Crippen LogP contribution in [0.2, 0.25) is 0 Å². The lowest BCUT2D eigenvalue weighted by Gasteiger charge is -2.12. The van der Waals surface area contributed by atoms with E-state index in [4.69, 9.17) is 4.52 Å². The number of benzene rings is 1. The molecule has 0 saturated heterocycles. The van der Waals surface area contributed by atoms with Crippen LogP contribution >= 0.6 is 23.1 Å². The van der Waals surface area contributed by atoms with Crippen molar-refractivity contribution in [2.24, 2.45) is 0 Å². The average molecular weight is 386 g/mol. The Balaban J connectivity index is 1.31. The van der Waals surface area contributed by atoms with Crippen molar-refractivity contribution in [3.63, 3.8) is 0 Å². The van der Waals surface area contributed by atoms with Gasteiger partial charge in [-0.15, -0.1) is 23.1 Å². The van der Waals surface area contributed by atoms with Crippen molar-refractivity contribution in [1.82, 2.24) is 10.1 Å². The summed E-state index contributed by atoms with van der Waals surface area (Å²) in [6.45, 7) is 1.89. The Morgan fingerprint density at radius 1 is 1.35 bits per heavy atom. The van der Waals surface area contributed by atoms with Crippen molar-refractivity contribution in [1.29, 1.82) is 0 Å². The zero-order valence-electron chi connectivity index (χ0n) is 14.4. The van der Waals surface area contributed by atoms with Gasteiger partial charge in [0, 0.05) is 5.69 Å². The van der Waals surface area contributed by atoms with Gasteiger partial charge in [-0.1, -0.05) is 17.3 Å². The third-order valence-electron chi connectivity index (χ3n) is 4.40. The van der Waals surface area contributed by atoms with Gasteiger partial charge in [-0.25, -0.2) is 0 Å². The number of amides is 1. The summed E-state index contributed by atoms with van der Waals surface area (Å²) in [6, 6.07) is 10.1. The van der Waals surface area contributed by atoms with Crippen LogP contribution in [-0.2, 0) is 23.4 Å². The molecule has 2 heterocycles. The van der Waals surface area contributed by atoms with E-state index in [0.29, 0.717) is 17.5 Å². The fourth-order valence-corrected chi connectivity index (χ4v) is 4.35. The number of carbonyl (C=O) groups is 1. The molecule has 26 heavy (non-hydrogen) atoms. The lowest BCUT2D eigenvalue weighted by Crippen LogP contribution is -2.22. The highest BCUT2D eigenvalue weighted by molar-refractivity contribution is 7.99. The first-order valence-corrected chi connectivity index (χ1v) is 10.5. The van der Waals surface area contributed by atoms with Crippen molar-refractivity contribution in [3.05, 3.63) is 52.7 Å². The topological polar surface area (TPSA) is 68.0 Å². The number of nitrogens with one attached hydrogen (secondary N) is 1. The van der Waals surface area contributed by atoms with Crippen LogP contribution in [0.4, 0.5) is 5.69 Å². The van der Waals surface area contributed by atoms with E-state index in [9.17, 15) is 4.79 Å². The Kier molecular flexibility index (Phi) is 5.08. The first-order valence-electron chi connectivity index (χ1n) is 8.60. The normalized spacial score (nSPS) is 14.2. The highest BCUT2D eigenvalue weighted by Crippen LogP contribution is 2.26. The molecule has 7 heteroatoms. The molecule has 0 saturated carbocycles. The van der Waals surface area contributed by atoms with Crippen LogP contribution in [0.5, 0.6) is 0 Å². The Hall–Kier alpha value is -2.12. The smallest absolute Gasteiger partial charge is 0.237 e. The number of carbonyl (C=O) groups excluding carboxylic acids is 1. The molecular weight excluding hydrogens is 366 g/mol. The molecule has 2 aromatic heterocycles. The predicted octanol–water partition coefficient (Wildman–Crippen LogP) is 4.55. The maximum absolute atomic E-state index is 12.4. The van der Waals surface area contributed by atoms with Crippen LogP contribution < -0.4 is 5.32 Å². The van der Waals surface area contributed by atoms with E-state index in [1.807, 2.05) is 30.5 Å². The molecule has 1 aliphatic carbocycles. The van der Waals surface area contributed by atoms with Gasteiger partial charge < -0.3 is 9.84 Å². The highest BCUT2D eigenvalue weighted by atomic mass is 32.2. The molecule has 1 aliphatic rings. The van der Waals surface area contributed by atoms with Gasteiger partial charge in [0.25, 0.3) is 0 Å². The molecule has 4 rings (SSSR count). The van der Waals surface area contributed by atoms with Crippen LogP contribution in [0.15, 0.2) is 40.2 Å². The zero-order valence-corrected chi connectivity index (χ0v) is 16.0. The van der Waals surface area contributed by atoms with Gasteiger partial charge in [0.15, 0.2) is 0 Å². The van der Waals surface area contributed by atoms with E-state index in [1.54, 1.807) is 11.3 Å². The summed E-state index contributed by atoms with van der Waals surface area (Å²) < 4.78 is 5.28. The minimum absolute atomic E-state index is 0.00839. The van der Waals surface area contributed by atoms with E-state index < -0.39 is 0 Å². The molecule has 134 valence electrons. The van der Waals surface area contributed by atoms with Gasteiger partial charge in [-0.05, 0) is 60.9 Å². The number of thioether (sulfide) groups is 1. The van der Waals surface area contributed by atoms with E-state index in [0.717, 1.165) is 23.4 Å². The van der Waals surface area contributed by atoms with Crippen molar-refractivity contribution >= 4 is 34.7 Å². The quantitative estimate of drug-likeness (QED) is 0.674. The molecule has 5 nitrogen and oxygen atoms in total. The fraction of sp³-hybridized carbons (Fsp3) is 0.316. The van der Waals surface area contributed by atoms with Crippen molar-refractivity contribution in [2.45, 2.75) is 37.2 Å². The minimum atomic E-state index is -0.208. The second-order valence-corrected chi connectivity index (χ2v) is 8.55. The molecule has 1 N–H and O–H groups in total. The first-order chi connectivity index (χ1) is 12.7. The summed E-state index contributed by atoms with van der Waals surface area (Å²) in [7, 11) is 0. The molecule has 1 atom stereocenters. The Bertz CT molecular complexity index is 905. The number of rotatable bonds is 6. The molecule has 0 bridgehead atoms. The van der Waals surface area contributed by atoms with Crippen LogP contribution in [0.1, 0.15) is 30.4 Å². The lowest BCUT2D eigenvalue weighted by molar-refractivity contribution is -0.115. The lowest BCUT2D eigenvalue weighted by atomic mass is 10.1. The Morgan fingerprint density at radius 2 is 2.23 bits per heavy atom. The Morgan fingerprint density at radius 3 is 3.08 bits per heavy atom. The molecule has 0 radical (unpaired) electrons. The summed E-state index contributed by atoms with van der Waals surface area (Å²) in [5.74, 6) is 1.64. The van der Waals surface area contributed by atoms with Crippen LogP contribution in [0, 0.1) is 0 Å². The number of thiophene rings is 1. The van der Waals surface area contributed by atoms with E-state index in [1.165, 1.54) is 29.3 Å². The predicted molar refractivity (Wildman–Crippen MR) is 105 cm³/mol. The highest BCUT2D eigenvalue weighted by Gasteiger charge is 2.18. The minimum Gasteiger partial charge on any atom is -0.338 e. The largest absolute Gasteiger partial charge is 0.338 e. The fourth-order valence-electron chi connectivity index (χ4n) is 2.98. The summed E-state index contributed by atoms with van der Waals surface area (Å²) >= 11 is 3.06. The van der Waals surface area contributed by atoms with E-state index in [-0.39, 0.29) is 11.2 Å². The maximum atomic E-state index is 12.4. The SMILES string of the molecule is C[C@H](SCc1nc(-c2cccs2)no1)C(=O)Nc1ccc2c(c1)CCC2. The zero-order chi connectivity index (χ0) is 17.9. The first kappa shape index (κ1) is 17.3. The van der Waals surface area contributed by atoms with Crippen LogP contribution in [0.25, 0.3) is 10.7 Å². The summed E-state index contributed by atoms with van der Waals surface area (Å²) in [5.41, 5.74) is 3.64. The standard InChI is InChI=1S/C19H19N3O2S2/c1-12(19(23)20-15-8-7-13-4-2-5-14(13)10-15)26-11-17-21-18(22-24-17)16-6-3-9-25-16/h3,6-10,12H,2,4-5,11H2,1H3,(H,20,23)/t12-/m0/s1. The van der Waals surface area contributed by atoms with E-state index in [2.05, 4.69) is 27.6 Å². The second-order valence-electron chi connectivity index (χ2n) is 6.27. The maximum Gasteiger partial charge on any atom is 0.237 e. The molecular formula is C19H19N3O2S2. The monoisotopic (exact) mass is 385 g/mol.